The lowest BCUT2D eigenvalue weighted by atomic mass is 9.99. The molecule has 1 N–H and O–H groups in total. The molecule has 0 atom stereocenters. The number of benzene rings is 1. The number of nitrogens with zero attached hydrogens (tertiary/aromatic N) is 3. The molecule has 1 fully saturated rings. The van der Waals surface area contributed by atoms with Gasteiger partial charge in [-0.1, -0.05) is 17.9 Å². The van der Waals surface area contributed by atoms with Crippen LogP contribution in [0.25, 0.3) is 21.3 Å². The molecule has 1 amide bonds. The summed E-state index contributed by atoms with van der Waals surface area (Å²) >= 11 is 4.38. The SMILES string of the molecule is CC1(F)CN(C(=O)Cn2cnc3sc(C#CCCO)c(-c4ccc(F)c(Br)c4)c3c2=O)C1. The highest BCUT2D eigenvalue weighted by Gasteiger charge is 2.41. The Bertz CT molecular complexity index is 1330. The number of likely N-dealkylation sites (tertiary alicyclic amines) is 1. The molecular formula is C22H18BrF2N3O3S. The van der Waals surface area contributed by atoms with E-state index in [1.54, 1.807) is 12.1 Å². The quantitative estimate of drug-likeness (QED) is 0.534. The second-order valence-corrected chi connectivity index (χ2v) is 9.58. The molecule has 3 aromatic rings. The van der Waals surface area contributed by atoms with Crippen LogP contribution in [0.1, 0.15) is 18.2 Å². The molecule has 10 heteroatoms. The van der Waals surface area contributed by atoms with E-state index in [1.165, 1.54) is 40.1 Å². The van der Waals surface area contributed by atoms with Crippen LogP contribution in [0.4, 0.5) is 8.78 Å². The zero-order chi connectivity index (χ0) is 23.0. The molecule has 166 valence electrons. The van der Waals surface area contributed by atoms with E-state index in [9.17, 15) is 18.4 Å². The van der Waals surface area contributed by atoms with E-state index in [4.69, 9.17) is 5.11 Å². The van der Waals surface area contributed by atoms with Gasteiger partial charge in [-0.05, 0) is 40.5 Å². The van der Waals surface area contributed by atoms with Crippen molar-refractivity contribution in [3.63, 3.8) is 0 Å². The molecule has 1 aliphatic heterocycles. The lowest BCUT2D eigenvalue weighted by Gasteiger charge is -2.42. The lowest BCUT2D eigenvalue weighted by Crippen LogP contribution is -2.60. The van der Waals surface area contributed by atoms with Crippen molar-refractivity contribution < 1.29 is 18.7 Å². The highest BCUT2D eigenvalue weighted by molar-refractivity contribution is 9.10. The monoisotopic (exact) mass is 521 g/mol. The first-order chi connectivity index (χ1) is 15.2. The van der Waals surface area contributed by atoms with Crippen LogP contribution in [0.5, 0.6) is 0 Å². The summed E-state index contributed by atoms with van der Waals surface area (Å²) in [4.78, 5) is 32.5. The average Bonchev–Trinajstić information content (AvgIpc) is 3.09. The number of amides is 1. The van der Waals surface area contributed by atoms with Crippen LogP contribution < -0.4 is 5.56 Å². The lowest BCUT2D eigenvalue weighted by molar-refractivity contribution is -0.144. The summed E-state index contributed by atoms with van der Waals surface area (Å²) < 4.78 is 29.0. The van der Waals surface area contributed by atoms with Crippen molar-refractivity contribution >= 4 is 43.4 Å². The van der Waals surface area contributed by atoms with E-state index in [1.807, 2.05) is 0 Å². The smallest absolute Gasteiger partial charge is 0.263 e. The summed E-state index contributed by atoms with van der Waals surface area (Å²) in [6, 6.07) is 4.38. The van der Waals surface area contributed by atoms with E-state index in [-0.39, 0.29) is 48.4 Å². The Morgan fingerprint density at radius 2 is 2.16 bits per heavy atom. The number of halogens is 3. The molecule has 1 saturated heterocycles. The Hall–Kier alpha value is -2.61. The van der Waals surface area contributed by atoms with Gasteiger partial charge in [0.2, 0.25) is 5.91 Å². The molecule has 0 bridgehead atoms. The van der Waals surface area contributed by atoms with Gasteiger partial charge in [-0.25, -0.2) is 13.8 Å². The van der Waals surface area contributed by atoms with Gasteiger partial charge in [0, 0.05) is 12.0 Å². The van der Waals surface area contributed by atoms with Crippen molar-refractivity contribution in [2.24, 2.45) is 0 Å². The normalized spacial score (nSPS) is 14.7. The van der Waals surface area contributed by atoms with Crippen LogP contribution in [0.15, 0.2) is 33.8 Å². The van der Waals surface area contributed by atoms with E-state index in [0.717, 1.165) is 0 Å². The first-order valence-electron chi connectivity index (χ1n) is 9.74. The fraction of sp³-hybridized carbons (Fsp3) is 0.318. The molecule has 4 rings (SSSR count). The van der Waals surface area contributed by atoms with Crippen LogP contribution in [0.3, 0.4) is 0 Å². The summed E-state index contributed by atoms with van der Waals surface area (Å²) in [5, 5.41) is 9.31. The van der Waals surface area contributed by atoms with Gasteiger partial charge in [0.25, 0.3) is 5.56 Å². The van der Waals surface area contributed by atoms with Crippen molar-refractivity contribution in [2.75, 3.05) is 19.7 Å². The number of aromatic nitrogens is 2. The third kappa shape index (κ3) is 4.33. The first kappa shape index (κ1) is 22.6. The third-order valence-corrected chi connectivity index (χ3v) is 6.65. The Labute approximate surface area is 194 Å². The number of hydrogen-bond donors (Lipinski definition) is 1. The number of rotatable bonds is 4. The maximum Gasteiger partial charge on any atom is 0.263 e. The number of carbonyl (C=O) groups excluding carboxylic acids is 1. The minimum Gasteiger partial charge on any atom is -0.395 e. The van der Waals surface area contributed by atoms with Gasteiger partial charge in [0.15, 0.2) is 0 Å². The predicted molar refractivity (Wildman–Crippen MR) is 122 cm³/mol. The maximum atomic E-state index is 13.8. The Morgan fingerprint density at radius 3 is 2.81 bits per heavy atom. The van der Waals surface area contributed by atoms with Crippen LogP contribution in [0, 0.1) is 17.7 Å². The Kier molecular flexibility index (Phi) is 6.16. The molecule has 0 aliphatic carbocycles. The third-order valence-electron chi connectivity index (χ3n) is 5.03. The largest absolute Gasteiger partial charge is 0.395 e. The summed E-state index contributed by atoms with van der Waals surface area (Å²) in [5.74, 6) is 4.99. The van der Waals surface area contributed by atoms with Gasteiger partial charge in [0.1, 0.15) is 22.9 Å². The number of aliphatic hydroxyl groups excluding tert-OH is 1. The molecule has 6 nitrogen and oxygen atoms in total. The molecule has 0 unspecified atom stereocenters. The molecule has 1 aromatic carbocycles. The van der Waals surface area contributed by atoms with Gasteiger partial charge in [-0.15, -0.1) is 11.3 Å². The van der Waals surface area contributed by atoms with Gasteiger partial charge in [0.05, 0.1) is 40.8 Å². The second-order valence-electron chi connectivity index (χ2n) is 7.73. The topological polar surface area (TPSA) is 75.4 Å². The number of aliphatic hydroxyl groups is 1. The Balaban J connectivity index is 1.81. The molecule has 3 heterocycles. The summed E-state index contributed by atoms with van der Waals surface area (Å²) in [6.45, 7) is 1.05. The maximum absolute atomic E-state index is 13.8. The van der Waals surface area contributed by atoms with Crippen molar-refractivity contribution in [3.8, 4) is 23.0 Å². The second kappa shape index (κ2) is 8.73. The molecule has 2 aromatic heterocycles. The van der Waals surface area contributed by atoms with Crippen molar-refractivity contribution in [1.29, 1.82) is 0 Å². The van der Waals surface area contributed by atoms with Crippen LogP contribution in [-0.2, 0) is 11.3 Å². The number of hydrogen-bond acceptors (Lipinski definition) is 5. The number of fused-ring (bicyclic) bond motifs is 1. The van der Waals surface area contributed by atoms with Gasteiger partial charge >= 0.3 is 0 Å². The molecule has 0 spiro atoms. The standard InChI is InChI=1S/C22H18BrF2N3O3S/c1-22(25)10-28(11-22)17(30)9-27-12-26-20-19(21(27)31)18(16(32-20)4-2-3-7-29)13-5-6-15(24)14(23)8-13/h5-6,8,12,29H,3,7,9-11H2,1H3. The first-order valence-corrected chi connectivity index (χ1v) is 11.3. The van der Waals surface area contributed by atoms with Gasteiger partial charge in [-0.3, -0.25) is 14.2 Å². The molecule has 0 radical (unpaired) electrons. The average molecular weight is 522 g/mol. The fourth-order valence-electron chi connectivity index (χ4n) is 3.52. The van der Waals surface area contributed by atoms with E-state index < -0.39 is 17.0 Å². The zero-order valence-electron chi connectivity index (χ0n) is 17.0. The minimum atomic E-state index is -1.40. The van der Waals surface area contributed by atoms with Crippen LogP contribution in [-0.4, -0.2) is 50.8 Å². The minimum absolute atomic E-state index is 0.00579. The van der Waals surface area contributed by atoms with Crippen molar-refractivity contribution in [2.45, 2.75) is 25.6 Å². The Morgan fingerprint density at radius 1 is 1.41 bits per heavy atom. The number of carbonyl (C=O) groups is 1. The van der Waals surface area contributed by atoms with Crippen molar-refractivity contribution in [1.82, 2.24) is 14.5 Å². The van der Waals surface area contributed by atoms with Gasteiger partial charge in [-0.2, -0.15) is 0 Å². The van der Waals surface area contributed by atoms with E-state index in [2.05, 4.69) is 32.8 Å². The van der Waals surface area contributed by atoms with E-state index in [0.29, 0.717) is 20.8 Å². The summed E-state index contributed by atoms with van der Waals surface area (Å²) in [7, 11) is 0. The van der Waals surface area contributed by atoms with Crippen LogP contribution >= 0.6 is 27.3 Å². The summed E-state index contributed by atoms with van der Waals surface area (Å²) in [6.07, 6.45) is 1.55. The number of alkyl halides is 1. The van der Waals surface area contributed by atoms with E-state index >= 15 is 0 Å². The van der Waals surface area contributed by atoms with Gasteiger partial charge < -0.3 is 10.0 Å². The zero-order valence-corrected chi connectivity index (χ0v) is 19.4. The fourth-order valence-corrected chi connectivity index (χ4v) is 4.93. The molecule has 32 heavy (non-hydrogen) atoms. The summed E-state index contributed by atoms with van der Waals surface area (Å²) in [5.41, 5.74) is -0.775. The molecule has 1 aliphatic rings. The van der Waals surface area contributed by atoms with Crippen LogP contribution in [0.2, 0.25) is 0 Å². The number of thiophene rings is 1. The highest BCUT2D eigenvalue weighted by Crippen LogP contribution is 2.37. The van der Waals surface area contributed by atoms with Crippen molar-refractivity contribution in [3.05, 3.63) is 50.0 Å². The molecule has 0 saturated carbocycles. The predicted octanol–water partition coefficient (Wildman–Crippen LogP) is 3.33. The highest BCUT2D eigenvalue weighted by atomic mass is 79.9. The molecular weight excluding hydrogens is 504 g/mol.